The minimum absolute atomic E-state index is 0.109. The van der Waals surface area contributed by atoms with Crippen LogP contribution in [0.1, 0.15) is 239 Å². The van der Waals surface area contributed by atoms with Gasteiger partial charge in [-0.25, -0.2) is 0 Å². The highest BCUT2D eigenvalue weighted by molar-refractivity contribution is 5.71. The molecule has 65 heavy (non-hydrogen) atoms. The molecule has 0 unspecified atom stereocenters. The fourth-order valence-corrected chi connectivity index (χ4v) is 7.09. The van der Waals surface area contributed by atoms with Crippen molar-refractivity contribution in [3.63, 3.8) is 0 Å². The Bertz CT molecular complexity index is 1310. The van der Waals surface area contributed by atoms with E-state index in [9.17, 15) is 14.4 Å². The fraction of sp³-hybridized carbons (Fsp3) is 0.678. The van der Waals surface area contributed by atoms with Crippen LogP contribution in [0, 0.1) is 0 Å². The first kappa shape index (κ1) is 61.3. The lowest BCUT2D eigenvalue weighted by Crippen LogP contribution is -2.30. The monoisotopic (exact) mass is 903 g/mol. The summed E-state index contributed by atoms with van der Waals surface area (Å²) in [6.07, 6.45) is 69.7. The third-order valence-electron chi connectivity index (χ3n) is 11.1. The molecule has 0 saturated carbocycles. The van der Waals surface area contributed by atoms with Crippen molar-refractivity contribution in [3.05, 3.63) is 97.2 Å². The van der Waals surface area contributed by atoms with Crippen LogP contribution in [0.15, 0.2) is 97.2 Å². The maximum atomic E-state index is 12.8. The number of rotatable bonds is 47. The van der Waals surface area contributed by atoms with Crippen molar-refractivity contribution in [1.82, 2.24) is 0 Å². The van der Waals surface area contributed by atoms with Crippen molar-refractivity contribution in [2.75, 3.05) is 13.2 Å². The van der Waals surface area contributed by atoms with Gasteiger partial charge in [0.05, 0.1) is 0 Å². The molecule has 0 aliphatic rings. The van der Waals surface area contributed by atoms with Crippen LogP contribution >= 0.6 is 0 Å². The molecule has 0 aliphatic carbocycles. The number of ether oxygens (including phenoxy) is 3. The van der Waals surface area contributed by atoms with Gasteiger partial charge in [-0.3, -0.25) is 14.4 Å². The molecular formula is C59H98O6. The number of carbonyl (C=O) groups is 3. The van der Waals surface area contributed by atoms with Crippen molar-refractivity contribution in [2.24, 2.45) is 0 Å². The standard InChI is InChI=1S/C59H98O6/c1-4-7-10-13-16-19-22-25-27-28-29-30-32-35-37-40-43-46-49-52-58(61)64-55-56(65-59(62)53-50-47-44-41-38-33-24-21-18-15-12-9-6-3)54-63-57(60)51-48-45-42-39-36-34-31-26-23-20-17-14-11-8-5-2/h8,11,16-17,19-20,25-27,29-31,35,37,43,46,56H,4-7,9-10,12-15,18,21-24,28,32-34,36,38-42,44-45,47-55H2,1-3H3/b11-8-,19-16-,20-17-,27-25-,30-29-,31-26-,37-35-,46-43-/t56-/m1/s1. The van der Waals surface area contributed by atoms with Crippen LogP contribution in [-0.4, -0.2) is 37.2 Å². The van der Waals surface area contributed by atoms with Crippen molar-refractivity contribution in [1.29, 1.82) is 0 Å². The van der Waals surface area contributed by atoms with Crippen molar-refractivity contribution < 1.29 is 28.6 Å². The molecule has 370 valence electrons. The molecular weight excluding hydrogens is 805 g/mol. The Morgan fingerprint density at radius 1 is 0.323 bits per heavy atom. The topological polar surface area (TPSA) is 78.9 Å². The average Bonchev–Trinajstić information content (AvgIpc) is 3.30. The molecule has 0 amide bonds. The first-order valence-corrected chi connectivity index (χ1v) is 26.7. The van der Waals surface area contributed by atoms with E-state index in [1.165, 1.54) is 89.9 Å². The van der Waals surface area contributed by atoms with E-state index in [-0.39, 0.29) is 37.5 Å². The van der Waals surface area contributed by atoms with Crippen LogP contribution in [-0.2, 0) is 28.6 Å². The first-order valence-electron chi connectivity index (χ1n) is 26.7. The number of carbonyl (C=O) groups excluding carboxylic acids is 3. The van der Waals surface area contributed by atoms with Crippen molar-refractivity contribution in [3.8, 4) is 0 Å². The SMILES string of the molecule is CC/C=C\C/C=C\C/C=C\CCCCCCCC(=O)OC[C@H](COC(=O)CC/C=C\C/C=C\C/C=C\C/C=C\C/C=C\CCCCC)OC(=O)CCCCCCCCCCCCCCC. The second kappa shape index (κ2) is 52.9. The predicted octanol–water partition coefficient (Wildman–Crippen LogP) is 17.8. The van der Waals surface area contributed by atoms with Crippen LogP contribution in [0.2, 0.25) is 0 Å². The van der Waals surface area contributed by atoms with Crippen LogP contribution in [0.3, 0.4) is 0 Å². The number of unbranched alkanes of at least 4 members (excludes halogenated alkanes) is 20. The highest BCUT2D eigenvalue weighted by atomic mass is 16.6. The summed E-state index contributed by atoms with van der Waals surface area (Å²) >= 11 is 0. The molecule has 0 bridgehead atoms. The summed E-state index contributed by atoms with van der Waals surface area (Å²) < 4.78 is 16.7. The Labute approximate surface area is 400 Å². The third-order valence-corrected chi connectivity index (χ3v) is 11.1. The predicted molar refractivity (Wildman–Crippen MR) is 279 cm³/mol. The number of esters is 3. The molecule has 6 nitrogen and oxygen atoms in total. The van der Waals surface area contributed by atoms with Crippen LogP contribution in [0.25, 0.3) is 0 Å². The van der Waals surface area contributed by atoms with Gasteiger partial charge in [0.1, 0.15) is 13.2 Å². The zero-order valence-corrected chi connectivity index (χ0v) is 42.2. The fourth-order valence-electron chi connectivity index (χ4n) is 7.09. The molecule has 0 radical (unpaired) electrons. The zero-order chi connectivity index (χ0) is 47.2. The molecule has 0 fully saturated rings. The van der Waals surface area contributed by atoms with E-state index in [0.717, 1.165) is 103 Å². The summed E-state index contributed by atoms with van der Waals surface area (Å²) in [5.74, 6) is -1.01. The smallest absolute Gasteiger partial charge is 0.306 e. The second-order valence-electron chi connectivity index (χ2n) is 17.4. The summed E-state index contributed by atoms with van der Waals surface area (Å²) in [5, 5.41) is 0. The number of allylic oxidation sites excluding steroid dienone is 16. The van der Waals surface area contributed by atoms with Crippen molar-refractivity contribution in [2.45, 2.75) is 245 Å². The summed E-state index contributed by atoms with van der Waals surface area (Å²) in [7, 11) is 0. The van der Waals surface area contributed by atoms with E-state index < -0.39 is 6.10 Å². The van der Waals surface area contributed by atoms with Crippen LogP contribution in [0.4, 0.5) is 0 Å². The Kier molecular flexibility index (Phi) is 50.0. The minimum atomic E-state index is -0.813. The lowest BCUT2D eigenvalue weighted by molar-refractivity contribution is -0.166. The minimum Gasteiger partial charge on any atom is -0.462 e. The molecule has 1 atom stereocenters. The van der Waals surface area contributed by atoms with Gasteiger partial charge in [0.2, 0.25) is 0 Å². The maximum Gasteiger partial charge on any atom is 0.306 e. The Morgan fingerprint density at radius 2 is 0.631 bits per heavy atom. The van der Waals surface area contributed by atoms with Crippen LogP contribution < -0.4 is 0 Å². The van der Waals surface area contributed by atoms with Gasteiger partial charge in [-0.2, -0.15) is 0 Å². The lowest BCUT2D eigenvalue weighted by Gasteiger charge is -2.18. The van der Waals surface area contributed by atoms with E-state index in [0.29, 0.717) is 19.3 Å². The summed E-state index contributed by atoms with van der Waals surface area (Å²) in [5.41, 5.74) is 0. The van der Waals surface area contributed by atoms with Gasteiger partial charge in [-0.05, 0) is 89.9 Å². The first-order chi connectivity index (χ1) is 32.0. The largest absolute Gasteiger partial charge is 0.462 e. The highest BCUT2D eigenvalue weighted by Gasteiger charge is 2.19. The van der Waals surface area contributed by atoms with Crippen molar-refractivity contribution >= 4 is 17.9 Å². The summed E-state index contributed by atoms with van der Waals surface area (Å²) in [6, 6.07) is 0. The summed E-state index contributed by atoms with van der Waals surface area (Å²) in [6.45, 7) is 6.42. The summed E-state index contributed by atoms with van der Waals surface area (Å²) in [4.78, 5) is 38.0. The molecule has 0 N–H and O–H groups in total. The third kappa shape index (κ3) is 51.2. The van der Waals surface area contributed by atoms with E-state index in [1.807, 2.05) is 6.08 Å². The Hall–Kier alpha value is -3.67. The average molecular weight is 903 g/mol. The Balaban J connectivity index is 4.51. The molecule has 0 heterocycles. The van der Waals surface area contributed by atoms with Gasteiger partial charge in [0, 0.05) is 19.3 Å². The maximum absolute atomic E-state index is 12.8. The highest BCUT2D eigenvalue weighted by Crippen LogP contribution is 2.14. The normalized spacial score (nSPS) is 12.8. The number of hydrogen-bond acceptors (Lipinski definition) is 6. The Morgan fingerprint density at radius 3 is 1.06 bits per heavy atom. The number of hydrogen-bond donors (Lipinski definition) is 0. The van der Waals surface area contributed by atoms with Gasteiger partial charge in [0.25, 0.3) is 0 Å². The molecule has 6 heteroatoms. The van der Waals surface area contributed by atoms with Gasteiger partial charge < -0.3 is 14.2 Å². The molecule has 0 aliphatic heterocycles. The molecule has 0 spiro atoms. The van der Waals surface area contributed by atoms with Crippen LogP contribution in [0.5, 0.6) is 0 Å². The van der Waals surface area contributed by atoms with E-state index in [2.05, 4.69) is 112 Å². The molecule has 0 saturated heterocycles. The van der Waals surface area contributed by atoms with E-state index in [4.69, 9.17) is 14.2 Å². The van der Waals surface area contributed by atoms with E-state index >= 15 is 0 Å². The molecule has 0 aromatic heterocycles. The second-order valence-corrected chi connectivity index (χ2v) is 17.4. The van der Waals surface area contributed by atoms with Gasteiger partial charge in [-0.15, -0.1) is 0 Å². The molecule has 0 aromatic carbocycles. The van der Waals surface area contributed by atoms with Gasteiger partial charge >= 0.3 is 17.9 Å². The molecule has 0 rings (SSSR count). The van der Waals surface area contributed by atoms with Gasteiger partial charge in [0.15, 0.2) is 6.10 Å². The molecule has 0 aromatic rings. The van der Waals surface area contributed by atoms with Gasteiger partial charge in [-0.1, -0.05) is 227 Å². The lowest BCUT2D eigenvalue weighted by atomic mass is 10.0. The van der Waals surface area contributed by atoms with E-state index in [1.54, 1.807) is 0 Å². The quantitative estimate of drug-likeness (QED) is 0.0262. The zero-order valence-electron chi connectivity index (χ0n) is 42.2.